The predicted octanol–water partition coefficient (Wildman–Crippen LogP) is 1.11. The first-order valence-electron chi connectivity index (χ1n) is 8.13. The van der Waals surface area contributed by atoms with Crippen molar-refractivity contribution >= 4 is 11.6 Å². The van der Waals surface area contributed by atoms with Gasteiger partial charge in [-0.25, -0.2) is 9.50 Å². The smallest absolute Gasteiger partial charge is 0.244 e. The molecule has 3 aromatic rings. The molecule has 0 atom stereocenters. The number of pyridine rings is 1. The predicted molar refractivity (Wildman–Crippen MR) is 87.6 cm³/mol. The lowest BCUT2D eigenvalue weighted by Gasteiger charge is -2.10. The van der Waals surface area contributed by atoms with Crippen molar-refractivity contribution in [2.24, 2.45) is 7.05 Å². The summed E-state index contributed by atoms with van der Waals surface area (Å²) in [6, 6.07) is 5.59. The highest BCUT2D eigenvalue weighted by Crippen LogP contribution is 2.16. The van der Waals surface area contributed by atoms with Crippen LogP contribution < -0.4 is 4.90 Å². The van der Waals surface area contributed by atoms with Gasteiger partial charge in [0.2, 0.25) is 5.95 Å². The van der Waals surface area contributed by atoms with Gasteiger partial charge in [0.25, 0.3) is 0 Å². The summed E-state index contributed by atoms with van der Waals surface area (Å²) in [7, 11) is 1.93. The number of nitrogens with zero attached hydrogens (tertiary/aromatic N) is 8. The molecule has 122 valence electrons. The maximum atomic E-state index is 8.95. The maximum Gasteiger partial charge on any atom is 0.244 e. The molecule has 3 aromatic heterocycles. The lowest BCUT2D eigenvalue weighted by atomic mass is 10.3. The van der Waals surface area contributed by atoms with Gasteiger partial charge >= 0.3 is 0 Å². The highest BCUT2D eigenvalue weighted by atomic mass is 15.4. The summed E-state index contributed by atoms with van der Waals surface area (Å²) in [5.74, 6) is 2.51. The van der Waals surface area contributed by atoms with Gasteiger partial charge in [0.15, 0.2) is 11.5 Å². The molecular weight excluding hydrogens is 304 g/mol. The number of hydrogen-bond donors (Lipinski definition) is 0. The van der Waals surface area contributed by atoms with Crippen LogP contribution in [0.15, 0.2) is 18.3 Å². The molecule has 0 amide bonds. The Morgan fingerprint density at radius 2 is 2.00 bits per heavy atom. The Balaban J connectivity index is 1.49. The molecule has 4 heterocycles. The minimum Gasteiger partial charge on any atom is -0.340 e. The van der Waals surface area contributed by atoms with Gasteiger partial charge in [-0.15, -0.1) is 5.10 Å². The fourth-order valence-corrected chi connectivity index (χ4v) is 3.00. The van der Waals surface area contributed by atoms with E-state index in [-0.39, 0.29) is 0 Å². The number of nitriles is 1. The Morgan fingerprint density at radius 3 is 2.79 bits per heavy atom. The number of aryl methyl sites for hydroxylation is 3. The number of fused-ring (bicyclic) bond motifs is 1. The molecule has 24 heavy (non-hydrogen) atoms. The number of aromatic nitrogens is 6. The molecule has 1 saturated heterocycles. The van der Waals surface area contributed by atoms with Crippen LogP contribution >= 0.6 is 0 Å². The lowest BCUT2D eigenvalue weighted by Crippen LogP contribution is -2.19. The van der Waals surface area contributed by atoms with E-state index >= 15 is 0 Å². The Kier molecular flexibility index (Phi) is 3.61. The summed E-state index contributed by atoms with van der Waals surface area (Å²) < 4.78 is 3.54. The molecule has 8 nitrogen and oxygen atoms in total. The topological polar surface area (TPSA) is 87.9 Å². The van der Waals surface area contributed by atoms with Gasteiger partial charge in [-0.2, -0.15) is 15.3 Å². The SMILES string of the molecule is Cn1nc(N2CCCC2)nc1CCc1nc2cc(C#N)ccn2n1. The molecular formula is C16H18N8. The first kappa shape index (κ1) is 14.6. The summed E-state index contributed by atoms with van der Waals surface area (Å²) in [5, 5.41) is 17.9. The quantitative estimate of drug-likeness (QED) is 0.715. The van der Waals surface area contributed by atoms with Crippen LogP contribution in [-0.4, -0.2) is 42.5 Å². The largest absolute Gasteiger partial charge is 0.340 e. The third-order valence-corrected chi connectivity index (χ3v) is 4.31. The molecule has 0 aromatic carbocycles. The zero-order valence-electron chi connectivity index (χ0n) is 13.6. The summed E-state index contributed by atoms with van der Waals surface area (Å²) >= 11 is 0. The van der Waals surface area contributed by atoms with Gasteiger partial charge in [0.1, 0.15) is 5.82 Å². The highest BCUT2D eigenvalue weighted by Gasteiger charge is 2.18. The molecule has 0 spiro atoms. The number of hydrogen-bond acceptors (Lipinski definition) is 6. The van der Waals surface area contributed by atoms with Crippen LogP contribution in [-0.2, 0) is 19.9 Å². The third-order valence-electron chi connectivity index (χ3n) is 4.31. The van der Waals surface area contributed by atoms with E-state index in [9.17, 15) is 0 Å². The molecule has 1 aliphatic heterocycles. The monoisotopic (exact) mass is 322 g/mol. The van der Waals surface area contributed by atoms with Crippen molar-refractivity contribution in [1.29, 1.82) is 5.26 Å². The minimum atomic E-state index is 0.588. The van der Waals surface area contributed by atoms with Gasteiger partial charge in [-0.1, -0.05) is 0 Å². The van der Waals surface area contributed by atoms with Gasteiger partial charge in [0.05, 0.1) is 11.6 Å². The van der Waals surface area contributed by atoms with Crippen molar-refractivity contribution in [3.05, 3.63) is 35.5 Å². The molecule has 0 aliphatic carbocycles. The molecule has 4 rings (SSSR count). The van der Waals surface area contributed by atoms with Gasteiger partial charge in [-0.05, 0) is 18.9 Å². The minimum absolute atomic E-state index is 0.588. The van der Waals surface area contributed by atoms with Crippen LogP contribution in [0.1, 0.15) is 30.1 Å². The van der Waals surface area contributed by atoms with Gasteiger partial charge in [-0.3, -0.25) is 4.68 Å². The first-order valence-corrected chi connectivity index (χ1v) is 8.13. The molecule has 0 saturated carbocycles. The van der Waals surface area contributed by atoms with Crippen LogP contribution in [0.25, 0.3) is 5.65 Å². The second kappa shape index (κ2) is 5.92. The van der Waals surface area contributed by atoms with Gasteiger partial charge in [0, 0.05) is 45.2 Å². The molecule has 8 heteroatoms. The zero-order chi connectivity index (χ0) is 16.5. The Morgan fingerprint density at radius 1 is 1.17 bits per heavy atom. The summed E-state index contributed by atoms with van der Waals surface area (Å²) in [6.45, 7) is 2.08. The molecule has 0 bridgehead atoms. The fraction of sp³-hybridized carbons (Fsp3) is 0.438. The summed E-state index contributed by atoms with van der Waals surface area (Å²) in [6.07, 6.45) is 5.61. The summed E-state index contributed by atoms with van der Waals surface area (Å²) in [5.41, 5.74) is 1.28. The van der Waals surface area contributed by atoms with Crippen LogP contribution in [0.5, 0.6) is 0 Å². The van der Waals surface area contributed by atoms with E-state index in [4.69, 9.17) is 5.26 Å². The van der Waals surface area contributed by atoms with Crippen molar-refractivity contribution < 1.29 is 0 Å². The van der Waals surface area contributed by atoms with Gasteiger partial charge < -0.3 is 4.90 Å². The van der Waals surface area contributed by atoms with Crippen LogP contribution in [0, 0.1) is 11.3 Å². The average Bonchev–Trinajstić information content (AvgIpc) is 3.31. The Labute approximate surface area is 139 Å². The fourth-order valence-electron chi connectivity index (χ4n) is 3.00. The van der Waals surface area contributed by atoms with Crippen molar-refractivity contribution in [1.82, 2.24) is 29.4 Å². The lowest BCUT2D eigenvalue weighted by molar-refractivity contribution is 0.681. The van der Waals surface area contributed by atoms with Crippen LogP contribution in [0.2, 0.25) is 0 Å². The van der Waals surface area contributed by atoms with Crippen molar-refractivity contribution in [3.8, 4) is 6.07 Å². The highest BCUT2D eigenvalue weighted by molar-refractivity contribution is 5.44. The standard InChI is InChI=1S/C16H18N8/c1-22-14(19-16(21-22)23-7-2-3-8-23)5-4-13-18-15-10-12(11-17)6-9-24(15)20-13/h6,9-10H,2-5,7-8H2,1H3. The molecule has 1 fully saturated rings. The van der Waals surface area contributed by atoms with Crippen molar-refractivity contribution in [3.63, 3.8) is 0 Å². The molecule has 0 radical (unpaired) electrons. The van der Waals surface area contributed by atoms with E-state index in [1.807, 2.05) is 11.7 Å². The number of rotatable bonds is 4. The third kappa shape index (κ3) is 2.69. The van der Waals surface area contributed by atoms with Crippen LogP contribution in [0.4, 0.5) is 5.95 Å². The Hall–Kier alpha value is -2.95. The van der Waals surface area contributed by atoms with E-state index in [1.54, 1.807) is 22.8 Å². The zero-order valence-corrected chi connectivity index (χ0v) is 13.6. The molecule has 0 N–H and O–H groups in total. The first-order chi connectivity index (χ1) is 11.7. The van der Waals surface area contributed by atoms with E-state index in [0.717, 1.165) is 37.1 Å². The number of anilines is 1. The van der Waals surface area contributed by atoms with E-state index < -0.39 is 0 Å². The van der Waals surface area contributed by atoms with E-state index in [2.05, 4.69) is 31.1 Å². The van der Waals surface area contributed by atoms with E-state index in [0.29, 0.717) is 17.6 Å². The van der Waals surface area contributed by atoms with Crippen molar-refractivity contribution in [2.45, 2.75) is 25.7 Å². The molecule has 0 unspecified atom stereocenters. The summed E-state index contributed by atoms with van der Waals surface area (Å²) in [4.78, 5) is 11.4. The Bertz CT molecular complexity index is 910. The maximum absolute atomic E-state index is 8.95. The second-order valence-electron chi connectivity index (χ2n) is 6.00. The van der Waals surface area contributed by atoms with Crippen LogP contribution in [0.3, 0.4) is 0 Å². The second-order valence-corrected chi connectivity index (χ2v) is 6.00. The molecule has 1 aliphatic rings. The normalized spacial score (nSPS) is 14.4. The van der Waals surface area contributed by atoms with E-state index in [1.165, 1.54) is 12.8 Å². The average molecular weight is 322 g/mol. The van der Waals surface area contributed by atoms with Crippen molar-refractivity contribution in [2.75, 3.05) is 18.0 Å².